The van der Waals surface area contributed by atoms with E-state index in [0.717, 1.165) is 47.6 Å². The van der Waals surface area contributed by atoms with E-state index in [9.17, 15) is 0 Å². The minimum Gasteiger partial charge on any atom is -0.497 e. The molecule has 5 heteroatoms. The quantitative estimate of drug-likeness (QED) is 0.712. The third-order valence-corrected chi connectivity index (χ3v) is 4.54. The first kappa shape index (κ1) is 15.8. The van der Waals surface area contributed by atoms with E-state index in [2.05, 4.69) is 11.2 Å². The summed E-state index contributed by atoms with van der Waals surface area (Å²) < 4.78 is 13.1. The lowest BCUT2D eigenvalue weighted by Gasteiger charge is -2.22. The van der Waals surface area contributed by atoms with Crippen LogP contribution in [-0.2, 0) is 4.74 Å². The maximum atomic E-state index is 5.91. The molecule has 1 aliphatic rings. The fourth-order valence-corrected chi connectivity index (χ4v) is 3.18. The van der Waals surface area contributed by atoms with Crippen LogP contribution in [0.2, 0.25) is 0 Å². The smallest absolute Gasteiger partial charge is 0.150 e. The monoisotopic (exact) mass is 335 g/mol. The van der Waals surface area contributed by atoms with E-state index in [-0.39, 0.29) is 6.23 Å². The molecule has 0 amide bonds. The summed E-state index contributed by atoms with van der Waals surface area (Å²) in [6.45, 7) is 0.799. The Hall–Kier alpha value is -2.66. The predicted octanol–water partition coefficient (Wildman–Crippen LogP) is 4.32. The maximum Gasteiger partial charge on any atom is 0.150 e. The van der Waals surface area contributed by atoms with Crippen molar-refractivity contribution >= 4 is 0 Å². The number of pyridine rings is 1. The van der Waals surface area contributed by atoms with E-state index in [4.69, 9.17) is 14.6 Å². The fraction of sp³-hybridized carbons (Fsp3) is 0.300. The summed E-state index contributed by atoms with van der Waals surface area (Å²) in [5.74, 6) is 0.837. The number of hydrogen-bond donors (Lipinski definition) is 0. The molecule has 2 aromatic heterocycles. The number of aromatic nitrogens is 3. The van der Waals surface area contributed by atoms with Crippen LogP contribution in [0.3, 0.4) is 0 Å². The zero-order valence-corrected chi connectivity index (χ0v) is 14.3. The van der Waals surface area contributed by atoms with Crippen molar-refractivity contribution in [1.29, 1.82) is 0 Å². The van der Waals surface area contributed by atoms with E-state index in [0.29, 0.717) is 0 Å². The van der Waals surface area contributed by atoms with Crippen LogP contribution >= 0.6 is 0 Å². The highest BCUT2D eigenvalue weighted by atomic mass is 16.5. The van der Waals surface area contributed by atoms with Crippen LogP contribution < -0.4 is 4.74 Å². The Morgan fingerprint density at radius 1 is 1.04 bits per heavy atom. The highest BCUT2D eigenvalue weighted by molar-refractivity contribution is 5.80. The first-order chi connectivity index (χ1) is 12.3. The lowest BCUT2D eigenvalue weighted by Crippen LogP contribution is -2.18. The Morgan fingerprint density at radius 3 is 2.52 bits per heavy atom. The Labute approximate surface area is 147 Å². The third kappa shape index (κ3) is 3.28. The van der Waals surface area contributed by atoms with Crippen molar-refractivity contribution in [2.45, 2.75) is 25.5 Å². The van der Waals surface area contributed by atoms with Crippen molar-refractivity contribution in [1.82, 2.24) is 14.8 Å². The van der Waals surface area contributed by atoms with Crippen LogP contribution in [0.4, 0.5) is 0 Å². The van der Waals surface area contributed by atoms with Gasteiger partial charge in [-0.3, -0.25) is 4.98 Å². The topological polar surface area (TPSA) is 49.2 Å². The molecule has 0 radical (unpaired) electrons. The fourth-order valence-electron chi connectivity index (χ4n) is 3.18. The van der Waals surface area contributed by atoms with E-state index >= 15 is 0 Å². The molecule has 1 unspecified atom stereocenters. The molecule has 25 heavy (non-hydrogen) atoms. The van der Waals surface area contributed by atoms with Gasteiger partial charge in [0.05, 0.1) is 7.11 Å². The normalized spacial score (nSPS) is 17.4. The predicted molar refractivity (Wildman–Crippen MR) is 96.3 cm³/mol. The lowest BCUT2D eigenvalue weighted by molar-refractivity contribution is -0.0393. The van der Waals surface area contributed by atoms with Crippen LogP contribution in [0, 0.1) is 0 Å². The first-order valence-electron chi connectivity index (χ1n) is 8.61. The van der Waals surface area contributed by atoms with E-state index in [1.807, 2.05) is 53.5 Å². The van der Waals surface area contributed by atoms with Gasteiger partial charge in [-0.05, 0) is 61.2 Å². The molecule has 1 aliphatic heterocycles. The standard InChI is InChI=1S/C20H21N3O2/c1-24-17-7-5-16(6-8-17)20-18(15-9-11-21-12-10-15)14-23(22-20)19-4-2-3-13-25-19/h5-12,14,19H,2-4,13H2,1H3. The second kappa shape index (κ2) is 7.07. The van der Waals surface area contributed by atoms with Crippen LogP contribution in [0.15, 0.2) is 55.0 Å². The van der Waals surface area contributed by atoms with Gasteiger partial charge >= 0.3 is 0 Å². The molecule has 0 spiro atoms. The van der Waals surface area contributed by atoms with Gasteiger partial charge in [0.2, 0.25) is 0 Å². The minimum atomic E-state index is 0.0151. The summed E-state index contributed by atoms with van der Waals surface area (Å²) in [7, 11) is 1.67. The van der Waals surface area contributed by atoms with Crippen molar-refractivity contribution in [3.05, 3.63) is 55.0 Å². The zero-order chi connectivity index (χ0) is 17.1. The number of hydrogen-bond acceptors (Lipinski definition) is 4. The number of rotatable bonds is 4. The minimum absolute atomic E-state index is 0.0151. The summed E-state index contributed by atoms with van der Waals surface area (Å²) in [4.78, 5) is 4.12. The first-order valence-corrected chi connectivity index (χ1v) is 8.61. The van der Waals surface area contributed by atoms with Crippen molar-refractivity contribution in [3.8, 4) is 28.1 Å². The molecule has 3 aromatic rings. The van der Waals surface area contributed by atoms with Gasteiger partial charge in [0.25, 0.3) is 0 Å². The van der Waals surface area contributed by atoms with Crippen LogP contribution in [-0.4, -0.2) is 28.5 Å². The summed E-state index contributed by atoms with van der Waals surface area (Å²) >= 11 is 0. The Kier molecular flexibility index (Phi) is 4.48. The van der Waals surface area contributed by atoms with Gasteiger partial charge in [-0.2, -0.15) is 5.10 Å². The van der Waals surface area contributed by atoms with Crippen molar-refractivity contribution in [3.63, 3.8) is 0 Å². The van der Waals surface area contributed by atoms with Crippen molar-refractivity contribution in [2.24, 2.45) is 0 Å². The molecule has 1 aromatic carbocycles. The summed E-state index contributed by atoms with van der Waals surface area (Å²) in [5, 5.41) is 4.87. The molecule has 0 saturated carbocycles. The Morgan fingerprint density at radius 2 is 1.84 bits per heavy atom. The largest absolute Gasteiger partial charge is 0.497 e. The molecule has 1 fully saturated rings. The molecule has 0 N–H and O–H groups in total. The third-order valence-electron chi connectivity index (χ3n) is 4.54. The van der Waals surface area contributed by atoms with Gasteiger partial charge in [0.1, 0.15) is 17.7 Å². The van der Waals surface area contributed by atoms with Crippen LogP contribution in [0.1, 0.15) is 25.5 Å². The van der Waals surface area contributed by atoms with Crippen LogP contribution in [0.5, 0.6) is 5.75 Å². The molecule has 4 rings (SSSR count). The van der Waals surface area contributed by atoms with Gasteiger partial charge < -0.3 is 9.47 Å². The maximum absolute atomic E-state index is 5.91. The highest BCUT2D eigenvalue weighted by Gasteiger charge is 2.20. The molecular formula is C20H21N3O2. The Balaban J connectivity index is 1.78. The van der Waals surface area contributed by atoms with Gasteiger partial charge in [-0.1, -0.05) is 0 Å². The molecule has 0 aliphatic carbocycles. The number of nitrogens with zero attached hydrogens (tertiary/aromatic N) is 3. The second-order valence-electron chi connectivity index (χ2n) is 6.16. The van der Waals surface area contributed by atoms with Gasteiger partial charge in [0.15, 0.2) is 0 Å². The van der Waals surface area contributed by atoms with Crippen molar-refractivity contribution in [2.75, 3.05) is 13.7 Å². The van der Waals surface area contributed by atoms with E-state index in [1.165, 1.54) is 6.42 Å². The molecular weight excluding hydrogens is 314 g/mol. The number of methoxy groups -OCH3 is 1. The molecule has 1 saturated heterocycles. The highest BCUT2D eigenvalue weighted by Crippen LogP contribution is 2.34. The van der Waals surface area contributed by atoms with Gasteiger partial charge in [-0.25, -0.2) is 4.68 Å². The summed E-state index contributed by atoms with van der Waals surface area (Å²) in [5.41, 5.74) is 4.19. The number of benzene rings is 1. The summed E-state index contributed by atoms with van der Waals surface area (Å²) in [6, 6.07) is 12.0. The summed E-state index contributed by atoms with van der Waals surface area (Å²) in [6.07, 6.45) is 9.02. The van der Waals surface area contributed by atoms with Gasteiger partial charge in [-0.15, -0.1) is 0 Å². The molecule has 0 bridgehead atoms. The molecule has 128 valence electrons. The second-order valence-corrected chi connectivity index (χ2v) is 6.16. The van der Waals surface area contributed by atoms with Crippen molar-refractivity contribution < 1.29 is 9.47 Å². The molecule has 3 heterocycles. The van der Waals surface area contributed by atoms with E-state index < -0.39 is 0 Å². The Bertz CT molecular complexity index is 822. The number of ether oxygens (including phenoxy) is 2. The van der Waals surface area contributed by atoms with E-state index in [1.54, 1.807) is 7.11 Å². The zero-order valence-electron chi connectivity index (χ0n) is 14.3. The van der Waals surface area contributed by atoms with Gasteiger partial charge in [0, 0.05) is 36.3 Å². The average molecular weight is 335 g/mol. The van der Waals surface area contributed by atoms with Crippen LogP contribution in [0.25, 0.3) is 22.4 Å². The SMILES string of the molecule is COc1ccc(-c2nn(C3CCCCO3)cc2-c2ccncc2)cc1. The molecule has 5 nitrogen and oxygen atoms in total. The molecule has 1 atom stereocenters. The average Bonchev–Trinajstić information content (AvgIpc) is 3.15. The lowest BCUT2D eigenvalue weighted by atomic mass is 10.0.